The summed E-state index contributed by atoms with van der Waals surface area (Å²) in [6.07, 6.45) is 2.80. The highest BCUT2D eigenvalue weighted by Gasteiger charge is 2.32. The Morgan fingerprint density at radius 1 is 1.38 bits per heavy atom. The first-order chi connectivity index (χ1) is 12.0. The number of halogens is 2. The highest BCUT2D eigenvalue weighted by Crippen LogP contribution is 2.27. The maximum Gasteiger partial charge on any atom is 0.225 e. The van der Waals surface area contributed by atoms with Crippen molar-refractivity contribution < 1.29 is 14.3 Å². The second-order valence-corrected chi connectivity index (χ2v) is 6.71. The van der Waals surface area contributed by atoms with Crippen molar-refractivity contribution in [1.82, 2.24) is 15.1 Å². The van der Waals surface area contributed by atoms with Gasteiger partial charge in [-0.05, 0) is 43.5 Å². The van der Waals surface area contributed by atoms with E-state index in [1.165, 1.54) is 12.1 Å². The number of aromatic amines is 1. The van der Waals surface area contributed by atoms with Gasteiger partial charge in [-0.3, -0.25) is 9.89 Å². The van der Waals surface area contributed by atoms with Crippen LogP contribution in [-0.2, 0) is 11.3 Å². The number of nitrogens with two attached hydrogens (primary N) is 1. The summed E-state index contributed by atoms with van der Waals surface area (Å²) < 4.78 is 13.1. The first kappa shape index (κ1) is 20.4. The van der Waals surface area contributed by atoms with Crippen molar-refractivity contribution in [2.24, 2.45) is 11.7 Å². The lowest BCUT2D eigenvalue weighted by Crippen LogP contribution is -2.44. The van der Waals surface area contributed by atoms with E-state index in [2.05, 4.69) is 10.2 Å². The van der Waals surface area contributed by atoms with Crippen LogP contribution in [0.25, 0.3) is 11.3 Å². The topological polar surface area (TPSA) is 95.2 Å². The maximum absolute atomic E-state index is 13.1. The highest BCUT2D eigenvalue weighted by atomic mass is 35.5. The Hall–Kier alpha value is -1.96. The van der Waals surface area contributed by atoms with Gasteiger partial charge in [-0.2, -0.15) is 5.10 Å². The molecule has 0 spiro atoms. The fourth-order valence-corrected chi connectivity index (χ4v) is 3.34. The fourth-order valence-electron chi connectivity index (χ4n) is 3.34. The molecule has 0 radical (unpaired) electrons. The summed E-state index contributed by atoms with van der Waals surface area (Å²) in [6.45, 7) is 0.390. The van der Waals surface area contributed by atoms with Crippen LogP contribution in [0.3, 0.4) is 0 Å². The number of H-pyrrole nitrogens is 1. The van der Waals surface area contributed by atoms with E-state index >= 15 is 0 Å². The van der Waals surface area contributed by atoms with E-state index in [1.807, 2.05) is 0 Å². The molecule has 8 heteroatoms. The molecule has 142 valence electrons. The smallest absolute Gasteiger partial charge is 0.225 e. The van der Waals surface area contributed by atoms with Crippen molar-refractivity contribution in [3.05, 3.63) is 41.8 Å². The lowest BCUT2D eigenvalue weighted by Gasteiger charge is -2.32. The number of aliphatic hydroxyl groups excluding tert-OH is 1. The van der Waals surface area contributed by atoms with Gasteiger partial charge in [0.15, 0.2) is 0 Å². The molecule has 1 heterocycles. The summed E-state index contributed by atoms with van der Waals surface area (Å²) in [7, 11) is 1.74. The van der Waals surface area contributed by atoms with E-state index in [-0.39, 0.29) is 36.1 Å². The molecule has 4 N–H and O–H groups in total. The van der Waals surface area contributed by atoms with Gasteiger partial charge < -0.3 is 15.7 Å². The van der Waals surface area contributed by atoms with E-state index in [4.69, 9.17) is 5.73 Å². The summed E-state index contributed by atoms with van der Waals surface area (Å²) in [6, 6.07) is 5.89. The minimum atomic E-state index is -0.625. The molecule has 1 amide bonds. The molecular formula is C18H24ClFN4O2. The molecule has 1 fully saturated rings. The van der Waals surface area contributed by atoms with E-state index in [0.717, 1.165) is 16.8 Å². The largest absolute Gasteiger partial charge is 0.391 e. The Kier molecular flexibility index (Phi) is 6.75. The Morgan fingerprint density at radius 2 is 2.08 bits per heavy atom. The molecule has 3 rings (SSSR count). The summed E-state index contributed by atoms with van der Waals surface area (Å²) in [5.74, 6) is -0.510. The zero-order valence-electron chi connectivity index (χ0n) is 14.6. The van der Waals surface area contributed by atoms with Crippen LogP contribution in [0.1, 0.15) is 24.8 Å². The van der Waals surface area contributed by atoms with Gasteiger partial charge in [-0.1, -0.05) is 0 Å². The van der Waals surface area contributed by atoms with E-state index < -0.39 is 6.10 Å². The third-order valence-corrected chi connectivity index (χ3v) is 4.85. The molecule has 1 aromatic heterocycles. The maximum atomic E-state index is 13.1. The van der Waals surface area contributed by atoms with E-state index in [9.17, 15) is 14.3 Å². The standard InChI is InChI=1S/C18H23FN4O2.ClH/c1-23(18(25)12-4-7-15(20)16(24)8-12)10-13-9-21-22-17(13)11-2-5-14(19)6-3-11;/h2-3,5-6,9,12,15-16,24H,4,7-8,10,20H2,1H3,(H,21,22);1H/t12-,15+,16+;/m0./s1. The predicted octanol–water partition coefficient (Wildman–Crippen LogP) is 2.08. The SMILES string of the molecule is CN(Cc1cn[nH]c1-c1ccc(F)cc1)C(=O)[C@H]1CC[C@@H](N)[C@H](O)C1.Cl. The van der Waals surface area contributed by atoms with Crippen LogP contribution < -0.4 is 5.73 Å². The molecule has 0 bridgehead atoms. The van der Waals surface area contributed by atoms with Crippen LogP contribution in [-0.4, -0.2) is 45.3 Å². The number of rotatable bonds is 4. The summed E-state index contributed by atoms with van der Waals surface area (Å²) >= 11 is 0. The first-order valence-electron chi connectivity index (χ1n) is 8.42. The van der Waals surface area contributed by atoms with Gasteiger partial charge in [0.1, 0.15) is 5.82 Å². The number of amides is 1. The van der Waals surface area contributed by atoms with Gasteiger partial charge in [-0.15, -0.1) is 12.4 Å². The normalized spacial score (nSPS) is 22.5. The van der Waals surface area contributed by atoms with Gasteiger partial charge >= 0.3 is 0 Å². The van der Waals surface area contributed by atoms with Crippen molar-refractivity contribution in [3.8, 4) is 11.3 Å². The monoisotopic (exact) mass is 382 g/mol. The summed E-state index contributed by atoms with van der Waals surface area (Å²) in [4.78, 5) is 14.3. The van der Waals surface area contributed by atoms with Crippen molar-refractivity contribution >= 4 is 18.3 Å². The van der Waals surface area contributed by atoms with Gasteiger partial charge in [0.2, 0.25) is 5.91 Å². The van der Waals surface area contributed by atoms with Gasteiger partial charge in [0.05, 0.1) is 18.0 Å². The van der Waals surface area contributed by atoms with E-state index in [1.54, 1.807) is 30.3 Å². The Labute approximate surface area is 158 Å². The predicted molar refractivity (Wildman–Crippen MR) is 99.0 cm³/mol. The van der Waals surface area contributed by atoms with Crippen LogP contribution in [0.5, 0.6) is 0 Å². The van der Waals surface area contributed by atoms with Crippen molar-refractivity contribution in [2.75, 3.05) is 7.05 Å². The summed E-state index contributed by atoms with van der Waals surface area (Å²) in [5, 5.41) is 16.9. The molecule has 0 saturated heterocycles. The number of aromatic nitrogens is 2. The Balaban J connectivity index is 0.00000243. The van der Waals surface area contributed by atoms with Gasteiger partial charge in [-0.25, -0.2) is 4.39 Å². The second kappa shape index (κ2) is 8.62. The minimum absolute atomic E-state index is 0. The fraction of sp³-hybridized carbons (Fsp3) is 0.444. The molecule has 1 saturated carbocycles. The zero-order chi connectivity index (χ0) is 18.0. The van der Waals surface area contributed by atoms with E-state index in [0.29, 0.717) is 25.8 Å². The lowest BCUT2D eigenvalue weighted by atomic mass is 9.83. The minimum Gasteiger partial charge on any atom is -0.391 e. The number of carbonyl (C=O) groups excluding carboxylic acids is 1. The average molecular weight is 383 g/mol. The number of hydrogen-bond donors (Lipinski definition) is 3. The quantitative estimate of drug-likeness (QED) is 0.754. The third-order valence-electron chi connectivity index (χ3n) is 4.85. The molecule has 3 atom stereocenters. The second-order valence-electron chi connectivity index (χ2n) is 6.71. The van der Waals surface area contributed by atoms with Crippen LogP contribution in [0, 0.1) is 11.7 Å². The Bertz CT molecular complexity index is 737. The molecule has 2 aromatic rings. The van der Waals surface area contributed by atoms with Gasteiger partial charge in [0.25, 0.3) is 0 Å². The van der Waals surface area contributed by atoms with Crippen molar-refractivity contribution in [2.45, 2.75) is 38.0 Å². The average Bonchev–Trinajstić information content (AvgIpc) is 3.05. The Morgan fingerprint density at radius 3 is 2.73 bits per heavy atom. The van der Waals surface area contributed by atoms with Gasteiger partial charge in [0, 0.05) is 36.7 Å². The molecule has 26 heavy (non-hydrogen) atoms. The molecule has 1 aliphatic carbocycles. The first-order valence-corrected chi connectivity index (χ1v) is 8.42. The number of benzene rings is 1. The number of nitrogens with one attached hydrogen (secondary N) is 1. The molecular weight excluding hydrogens is 359 g/mol. The molecule has 0 unspecified atom stereocenters. The summed E-state index contributed by atoms with van der Waals surface area (Å²) in [5.41, 5.74) is 8.25. The van der Waals surface area contributed by atoms with Crippen LogP contribution in [0.2, 0.25) is 0 Å². The van der Waals surface area contributed by atoms with Crippen molar-refractivity contribution in [1.29, 1.82) is 0 Å². The zero-order valence-corrected chi connectivity index (χ0v) is 15.4. The van der Waals surface area contributed by atoms with Crippen LogP contribution in [0.4, 0.5) is 4.39 Å². The highest BCUT2D eigenvalue weighted by molar-refractivity contribution is 5.85. The molecule has 6 nitrogen and oxygen atoms in total. The third kappa shape index (κ3) is 4.41. The lowest BCUT2D eigenvalue weighted by molar-refractivity contribution is -0.137. The number of aliphatic hydroxyl groups is 1. The number of hydrogen-bond acceptors (Lipinski definition) is 4. The molecule has 1 aromatic carbocycles. The van der Waals surface area contributed by atoms with Crippen LogP contribution >= 0.6 is 12.4 Å². The van der Waals surface area contributed by atoms with Crippen LogP contribution in [0.15, 0.2) is 30.5 Å². The number of nitrogens with zero attached hydrogens (tertiary/aromatic N) is 2. The molecule has 1 aliphatic rings. The molecule has 0 aliphatic heterocycles. The van der Waals surface area contributed by atoms with Crippen molar-refractivity contribution in [3.63, 3.8) is 0 Å². The number of carbonyl (C=O) groups is 1.